The molecule has 2 nitrogen and oxygen atoms in total. The number of aryl methyl sites for hydroxylation is 2. The van der Waals surface area contributed by atoms with E-state index in [1.807, 2.05) is 32.0 Å². The zero-order valence-electron chi connectivity index (χ0n) is 12.1. The number of nitrogen functional groups attached to an aromatic ring is 1. The highest BCUT2D eigenvalue weighted by molar-refractivity contribution is 5.75. The van der Waals surface area contributed by atoms with E-state index in [1.165, 1.54) is 6.07 Å². The second-order valence-corrected chi connectivity index (χ2v) is 5.18. The lowest BCUT2D eigenvalue weighted by molar-refractivity contribution is -0.137. The molecule has 0 aliphatic rings. The van der Waals surface area contributed by atoms with Crippen LogP contribution in [-0.2, 0) is 6.18 Å². The van der Waals surface area contributed by atoms with E-state index in [0.29, 0.717) is 5.69 Å². The minimum absolute atomic E-state index is 0.103. The molecule has 0 amide bonds. The van der Waals surface area contributed by atoms with Gasteiger partial charge in [0.1, 0.15) is 0 Å². The van der Waals surface area contributed by atoms with Gasteiger partial charge >= 0.3 is 6.18 Å². The quantitative estimate of drug-likeness (QED) is 0.815. The third-order valence-corrected chi connectivity index (χ3v) is 3.31. The molecule has 2 N–H and O–H groups in total. The van der Waals surface area contributed by atoms with Crippen molar-refractivity contribution in [2.75, 3.05) is 17.7 Å². The van der Waals surface area contributed by atoms with E-state index >= 15 is 0 Å². The molecule has 0 radical (unpaired) electrons. The molecule has 2 aromatic carbocycles. The van der Waals surface area contributed by atoms with Crippen LogP contribution < -0.4 is 10.6 Å². The molecule has 0 saturated heterocycles. The number of halogens is 3. The Bertz CT molecular complexity index is 643. The Labute approximate surface area is 122 Å². The molecule has 0 unspecified atom stereocenters. The van der Waals surface area contributed by atoms with Gasteiger partial charge in [-0.15, -0.1) is 0 Å². The first kappa shape index (κ1) is 15.2. The fourth-order valence-electron chi connectivity index (χ4n) is 2.32. The number of hydrogen-bond donors (Lipinski definition) is 1. The maximum Gasteiger partial charge on any atom is 0.416 e. The fourth-order valence-corrected chi connectivity index (χ4v) is 2.32. The number of anilines is 3. The van der Waals surface area contributed by atoms with Gasteiger partial charge in [-0.2, -0.15) is 13.2 Å². The standard InChI is InChI=1S/C16H17F3N2/c1-10-6-11(2)8-13(7-10)21(3)15-5-4-12(9-14(15)20)16(17,18)19/h4-9H,20H2,1-3H3. The molecule has 0 heterocycles. The molecule has 5 heteroatoms. The Morgan fingerprint density at radius 1 is 0.952 bits per heavy atom. The van der Waals surface area contributed by atoms with Gasteiger partial charge in [0.2, 0.25) is 0 Å². The number of rotatable bonds is 2. The summed E-state index contributed by atoms with van der Waals surface area (Å²) < 4.78 is 38.0. The molecule has 112 valence electrons. The average molecular weight is 294 g/mol. The third-order valence-electron chi connectivity index (χ3n) is 3.31. The van der Waals surface area contributed by atoms with Crippen molar-refractivity contribution in [3.05, 3.63) is 53.1 Å². The topological polar surface area (TPSA) is 29.3 Å². The minimum atomic E-state index is -4.38. The maximum absolute atomic E-state index is 12.7. The number of nitrogens with zero attached hydrogens (tertiary/aromatic N) is 1. The molecule has 0 aliphatic heterocycles. The van der Waals surface area contributed by atoms with E-state index in [1.54, 1.807) is 11.9 Å². The van der Waals surface area contributed by atoms with Crippen LogP contribution in [0.3, 0.4) is 0 Å². The van der Waals surface area contributed by atoms with Crippen LogP contribution in [0.1, 0.15) is 16.7 Å². The predicted octanol–water partition coefficient (Wildman–Crippen LogP) is 4.67. The van der Waals surface area contributed by atoms with Crippen LogP contribution in [0.25, 0.3) is 0 Å². The summed E-state index contributed by atoms with van der Waals surface area (Å²) in [5, 5.41) is 0. The molecule has 0 saturated carbocycles. The molecule has 0 spiro atoms. The SMILES string of the molecule is Cc1cc(C)cc(N(C)c2ccc(C(F)(F)F)cc2N)c1. The molecule has 21 heavy (non-hydrogen) atoms. The molecular formula is C16H17F3N2. The van der Waals surface area contributed by atoms with Crippen LogP contribution in [0.15, 0.2) is 36.4 Å². The molecule has 0 atom stereocenters. The summed E-state index contributed by atoms with van der Waals surface area (Å²) in [5.41, 5.74) is 8.76. The van der Waals surface area contributed by atoms with Crippen LogP contribution >= 0.6 is 0 Å². The molecule has 0 aliphatic carbocycles. The van der Waals surface area contributed by atoms with Gasteiger partial charge in [-0.25, -0.2) is 0 Å². The lowest BCUT2D eigenvalue weighted by Crippen LogP contribution is -2.13. The van der Waals surface area contributed by atoms with Gasteiger partial charge in [-0.05, 0) is 55.3 Å². The second-order valence-electron chi connectivity index (χ2n) is 5.18. The van der Waals surface area contributed by atoms with Gasteiger partial charge in [0.15, 0.2) is 0 Å². The van der Waals surface area contributed by atoms with Crippen LogP contribution in [0.5, 0.6) is 0 Å². The number of benzene rings is 2. The van der Waals surface area contributed by atoms with Crippen molar-refractivity contribution in [2.45, 2.75) is 20.0 Å². The summed E-state index contributed by atoms with van der Waals surface area (Å²) in [6.45, 7) is 3.95. The minimum Gasteiger partial charge on any atom is -0.397 e. The average Bonchev–Trinajstić information content (AvgIpc) is 2.35. The lowest BCUT2D eigenvalue weighted by Gasteiger charge is -2.23. The van der Waals surface area contributed by atoms with Crippen LogP contribution in [0, 0.1) is 13.8 Å². The van der Waals surface area contributed by atoms with Crippen molar-refractivity contribution < 1.29 is 13.2 Å². The van der Waals surface area contributed by atoms with E-state index in [0.717, 1.165) is 28.9 Å². The van der Waals surface area contributed by atoms with Crippen LogP contribution in [0.4, 0.5) is 30.2 Å². The number of alkyl halides is 3. The van der Waals surface area contributed by atoms with Gasteiger partial charge in [-0.3, -0.25) is 0 Å². The molecule has 0 aromatic heterocycles. The van der Waals surface area contributed by atoms with Gasteiger partial charge in [0.05, 0.1) is 16.9 Å². The molecule has 2 rings (SSSR count). The lowest BCUT2D eigenvalue weighted by atomic mass is 10.1. The normalized spacial score (nSPS) is 11.5. The largest absolute Gasteiger partial charge is 0.416 e. The van der Waals surface area contributed by atoms with Crippen LogP contribution in [-0.4, -0.2) is 7.05 Å². The van der Waals surface area contributed by atoms with E-state index in [9.17, 15) is 13.2 Å². The first-order valence-electron chi connectivity index (χ1n) is 6.47. The summed E-state index contributed by atoms with van der Waals surface area (Å²) >= 11 is 0. The van der Waals surface area contributed by atoms with Gasteiger partial charge < -0.3 is 10.6 Å². The van der Waals surface area contributed by atoms with E-state index in [2.05, 4.69) is 0 Å². The Hall–Kier alpha value is -2.17. The summed E-state index contributed by atoms with van der Waals surface area (Å²) in [7, 11) is 1.78. The third kappa shape index (κ3) is 3.29. The van der Waals surface area contributed by atoms with Crippen LogP contribution in [0.2, 0.25) is 0 Å². The summed E-state index contributed by atoms with van der Waals surface area (Å²) in [6, 6.07) is 9.37. The van der Waals surface area contributed by atoms with Crippen molar-refractivity contribution in [1.82, 2.24) is 0 Å². The maximum atomic E-state index is 12.7. The Morgan fingerprint density at radius 3 is 2.00 bits per heavy atom. The first-order valence-corrected chi connectivity index (χ1v) is 6.47. The van der Waals surface area contributed by atoms with Crippen molar-refractivity contribution in [3.8, 4) is 0 Å². The van der Waals surface area contributed by atoms with Gasteiger partial charge in [0, 0.05) is 12.7 Å². The molecule has 0 bridgehead atoms. The van der Waals surface area contributed by atoms with Crippen molar-refractivity contribution >= 4 is 17.1 Å². The van der Waals surface area contributed by atoms with Crippen molar-refractivity contribution in [1.29, 1.82) is 0 Å². The highest BCUT2D eigenvalue weighted by atomic mass is 19.4. The predicted molar refractivity (Wildman–Crippen MR) is 79.8 cm³/mol. The van der Waals surface area contributed by atoms with E-state index in [-0.39, 0.29) is 5.69 Å². The van der Waals surface area contributed by atoms with E-state index < -0.39 is 11.7 Å². The summed E-state index contributed by atoms with van der Waals surface area (Å²) in [5.74, 6) is 0. The van der Waals surface area contributed by atoms with E-state index in [4.69, 9.17) is 5.73 Å². The fraction of sp³-hybridized carbons (Fsp3) is 0.250. The Kier molecular flexibility index (Phi) is 3.85. The number of hydrogen-bond acceptors (Lipinski definition) is 2. The molecular weight excluding hydrogens is 277 g/mol. The summed E-state index contributed by atoms with van der Waals surface area (Å²) in [6.07, 6.45) is -4.38. The Balaban J connectivity index is 2.42. The highest BCUT2D eigenvalue weighted by Gasteiger charge is 2.31. The zero-order valence-corrected chi connectivity index (χ0v) is 12.1. The number of nitrogens with two attached hydrogens (primary N) is 1. The Morgan fingerprint density at radius 2 is 1.52 bits per heavy atom. The monoisotopic (exact) mass is 294 g/mol. The summed E-state index contributed by atoms with van der Waals surface area (Å²) in [4.78, 5) is 1.79. The molecule has 2 aromatic rings. The first-order chi connectivity index (χ1) is 9.68. The van der Waals surface area contributed by atoms with Gasteiger partial charge in [0.25, 0.3) is 0 Å². The van der Waals surface area contributed by atoms with Crippen molar-refractivity contribution in [2.24, 2.45) is 0 Å². The highest BCUT2D eigenvalue weighted by Crippen LogP contribution is 2.36. The zero-order chi connectivity index (χ0) is 15.8. The van der Waals surface area contributed by atoms with Crippen molar-refractivity contribution in [3.63, 3.8) is 0 Å². The smallest absolute Gasteiger partial charge is 0.397 e. The second kappa shape index (κ2) is 5.31. The van der Waals surface area contributed by atoms with Gasteiger partial charge in [-0.1, -0.05) is 6.07 Å². The molecule has 0 fully saturated rings.